The van der Waals surface area contributed by atoms with Gasteiger partial charge in [0.1, 0.15) is 5.75 Å². The highest BCUT2D eigenvalue weighted by atomic mass is 16.5. The number of amides is 1. The van der Waals surface area contributed by atoms with Gasteiger partial charge in [0.15, 0.2) is 5.69 Å². The molecule has 7 nitrogen and oxygen atoms in total. The fourth-order valence-corrected chi connectivity index (χ4v) is 3.63. The maximum Gasteiger partial charge on any atom is 0.358 e. The third kappa shape index (κ3) is 5.61. The Hall–Kier alpha value is -3.61. The molecule has 0 saturated heterocycles. The lowest BCUT2D eigenvalue weighted by Gasteiger charge is -2.21. The summed E-state index contributed by atoms with van der Waals surface area (Å²) in [7, 11) is 1.61. The van der Waals surface area contributed by atoms with Crippen LogP contribution in [0.25, 0.3) is 16.9 Å². The number of nitrogens with zero attached hydrogens (tertiary/aromatic N) is 3. The summed E-state index contributed by atoms with van der Waals surface area (Å²) in [5, 5.41) is 4.50. The second-order valence-corrected chi connectivity index (χ2v) is 7.61. The minimum Gasteiger partial charge on any atom is -0.497 e. The number of esters is 1. The van der Waals surface area contributed by atoms with Gasteiger partial charge in [0, 0.05) is 24.2 Å². The van der Waals surface area contributed by atoms with Crippen LogP contribution in [0.3, 0.4) is 0 Å². The van der Waals surface area contributed by atoms with Crippen molar-refractivity contribution in [3.05, 3.63) is 65.9 Å². The van der Waals surface area contributed by atoms with E-state index in [0.717, 1.165) is 48.6 Å². The molecule has 0 atom stereocenters. The first kappa shape index (κ1) is 24.0. The van der Waals surface area contributed by atoms with Crippen LogP contribution in [0.2, 0.25) is 0 Å². The Morgan fingerprint density at radius 1 is 0.939 bits per heavy atom. The lowest BCUT2D eigenvalue weighted by molar-refractivity contribution is 0.0518. The molecule has 1 aromatic heterocycles. The van der Waals surface area contributed by atoms with Crippen molar-refractivity contribution in [3.8, 4) is 22.7 Å². The number of methoxy groups -OCH3 is 1. The number of hydrogen-bond donors (Lipinski definition) is 0. The number of benzene rings is 2. The third-order valence-electron chi connectivity index (χ3n) is 5.21. The fraction of sp³-hybridized carbons (Fsp3) is 0.346. The smallest absolute Gasteiger partial charge is 0.358 e. The predicted octanol–water partition coefficient (Wildman–Crippen LogP) is 4.99. The first-order valence-electron chi connectivity index (χ1n) is 11.3. The highest BCUT2D eigenvalue weighted by molar-refractivity contribution is 5.94. The van der Waals surface area contributed by atoms with E-state index in [2.05, 4.69) is 18.9 Å². The lowest BCUT2D eigenvalue weighted by Crippen LogP contribution is -2.32. The summed E-state index contributed by atoms with van der Waals surface area (Å²) in [6, 6.07) is 16.5. The fourth-order valence-electron chi connectivity index (χ4n) is 3.63. The number of hydrogen-bond acceptors (Lipinski definition) is 5. The second kappa shape index (κ2) is 11.3. The molecule has 7 heteroatoms. The van der Waals surface area contributed by atoms with Crippen LogP contribution in [0.15, 0.2) is 54.6 Å². The molecule has 2 aromatic carbocycles. The van der Waals surface area contributed by atoms with Crippen molar-refractivity contribution in [1.29, 1.82) is 0 Å². The summed E-state index contributed by atoms with van der Waals surface area (Å²) >= 11 is 0. The summed E-state index contributed by atoms with van der Waals surface area (Å²) in [4.78, 5) is 27.1. The van der Waals surface area contributed by atoms with E-state index in [1.54, 1.807) is 36.9 Å². The summed E-state index contributed by atoms with van der Waals surface area (Å²) in [6.45, 7) is 7.63. The summed E-state index contributed by atoms with van der Waals surface area (Å²) in [6.07, 6.45) is 1.83. The molecule has 3 aromatic rings. The van der Waals surface area contributed by atoms with Crippen molar-refractivity contribution in [3.63, 3.8) is 0 Å². The molecule has 33 heavy (non-hydrogen) atoms. The maximum atomic E-state index is 12.9. The predicted molar refractivity (Wildman–Crippen MR) is 128 cm³/mol. The van der Waals surface area contributed by atoms with Crippen molar-refractivity contribution in [2.24, 2.45) is 0 Å². The van der Waals surface area contributed by atoms with E-state index in [1.165, 1.54) is 0 Å². The lowest BCUT2D eigenvalue weighted by atomic mass is 10.1. The van der Waals surface area contributed by atoms with E-state index in [-0.39, 0.29) is 18.2 Å². The van der Waals surface area contributed by atoms with Crippen LogP contribution in [0.5, 0.6) is 5.75 Å². The van der Waals surface area contributed by atoms with Crippen LogP contribution in [-0.4, -0.2) is 53.4 Å². The van der Waals surface area contributed by atoms with E-state index >= 15 is 0 Å². The van der Waals surface area contributed by atoms with Crippen LogP contribution in [-0.2, 0) is 4.74 Å². The number of carbonyl (C=O) groups excluding carboxylic acids is 2. The molecule has 0 aliphatic carbocycles. The Morgan fingerprint density at radius 3 is 2.12 bits per heavy atom. The van der Waals surface area contributed by atoms with Crippen molar-refractivity contribution in [1.82, 2.24) is 14.7 Å². The standard InChI is InChI=1S/C26H31N3O4/c1-5-16-28(17-6-2)25(30)20-8-12-21(13-9-20)29-24(18-23(27-29)26(31)33-7-3)19-10-14-22(32-4)15-11-19/h8-15,18H,5-7,16-17H2,1-4H3. The first-order valence-corrected chi connectivity index (χ1v) is 11.3. The number of ether oxygens (including phenoxy) is 2. The molecule has 0 unspecified atom stereocenters. The van der Waals surface area contributed by atoms with Crippen LogP contribution in [0.1, 0.15) is 54.5 Å². The maximum absolute atomic E-state index is 12.9. The van der Waals surface area contributed by atoms with Gasteiger partial charge in [-0.15, -0.1) is 0 Å². The molecule has 1 amide bonds. The van der Waals surface area contributed by atoms with Gasteiger partial charge in [-0.2, -0.15) is 5.10 Å². The van der Waals surface area contributed by atoms with Gasteiger partial charge in [0.05, 0.1) is 25.1 Å². The molecule has 3 rings (SSSR count). The Balaban J connectivity index is 1.98. The molecule has 0 radical (unpaired) electrons. The van der Waals surface area contributed by atoms with E-state index in [4.69, 9.17) is 9.47 Å². The number of aromatic nitrogens is 2. The molecule has 0 aliphatic heterocycles. The van der Waals surface area contributed by atoms with Gasteiger partial charge in [-0.3, -0.25) is 4.79 Å². The molecule has 0 spiro atoms. The largest absolute Gasteiger partial charge is 0.497 e. The average molecular weight is 450 g/mol. The molecule has 0 bridgehead atoms. The minimum absolute atomic E-state index is 0.0216. The third-order valence-corrected chi connectivity index (χ3v) is 5.21. The van der Waals surface area contributed by atoms with Crippen molar-refractivity contribution < 1.29 is 19.1 Å². The molecule has 174 valence electrons. The number of carbonyl (C=O) groups is 2. The zero-order valence-corrected chi connectivity index (χ0v) is 19.7. The zero-order valence-electron chi connectivity index (χ0n) is 19.7. The Morgan fingerprint density at radius 2 is 1.58 bits per heavy atom. The van der Waals surface area contributed by atoms with Crippen LogP contribution >= 0.6 is 0 Å². The van der Waals surface area contributed by atoms with E-state index in [1.807, 2.05) is 41.3 Å². The van der Waals surface area contributed by atoms with Gasteiger partial charge in [0.2, 0.25) is 0 Å². The Labute approximate surface area is 194 Å². The quantitative estimate of drug-likeness (QED) is 0.408. The first-order chi connectivity index (χ1) is 16.0. The SMILES string of the molecule is CCCN(CCC)C(=O)c1ccc(-n2nc(C(=O)OCC)cc2-c2ccc(OC)cc2)cc1. The van der Waals surface area contributed by atoms with Crippen molar-refractivity contribution in [2.75, 3.05) is 26.8 Å². The highest BCUT2D eigenvalue weighted by Gasteiger charge is 2.19. The molecule has 0 saturated carbocycles. The monoisotopic (exact) mass is 449 g/mol. The molecular weight excluding hydrogens is 418 g/mol. The second-order valence-electron chi connectivity index (χ2n) is 7.61. The number of rotatable bonds is 10. The van der Waals surface area contributed by atoms with Gasteiger partial charge in [-0.1, -0.05) is 13.8 Å². The van der Waals surface area contributed by atoms with Crippen LogP contribution < -0.4 is 4.74 Å². The van der Waals surface area contributed by atoms with Gasteiger partial charge >= 0.3 is 5.97 Å². The normalized spacial score (nSPS) is 10.7. The van der Waals surface area contributed by atoms with Gasteiger partial charge < -0.3 is 14.4 Å². The molecular formula is C26H31N3O4. The van der Waals surface area contributed by atoms with E-state index in [9.17, 15) is 9.59 Å². The van der Waals surface area contributed by atoms with E-state index < -0.39 is 5.97 Å². The molecule has 0 aliphatic rings. The van der Waals surface area contributed by atoms with Gasteiger partial charge in [-0.05, 0) is 74.4 Å². The van der Waals surface area contributed by atoms with Crippen molar-refractivity contribution >= 4 is 11.9 Å². The summed E-state index contributed by atoms with van der Waals surface area (Å²) in [5.74, 6) is 0.280. The topological polar surface area (TPSA) is 73.7 Å². The van der Waals surface area contributed by atoms with Gasteiger partial charge in [-0.25, -0.2) is 9.48 Å². The average Bonchev–Trinajstić information content (AvgIpc) is 3.29. The Kier molecular flexibility index (Phi) is 8.24. The summed E-state index contributed by atoms with van der Waals surface area (Å²) in [5.41, 5.74) is 3.20. The van der Waals surface area contributed by atoms with Crippen molar-refractivity contribution in [2.45, 2.75) is 33.6 Å². The minimum atomic E-state index is -0.479. The van der Waals surface area contributed by atoms with Crippen LogP contribution in [0.4, 0.5) is 0 Å². The highest BCUT2D eigenvalue weighted by Crippen LogP contribution is 2.27. The summed E-state index contributed by atoms with van der Waals surface area (Å²) < 4.78 is 12.1. The molecule has 0 N–H and O–H groups in total. The van der Waals surface area contributed by atoms with E-state index in [0.29, 0.717) is 5.56 Å². The molecule has 0 fully saturated rings. The van der Waals surface area contributed by atoms with Gasteiger partial charge in [0.25, 0.3) is 5.91 Å². The Bertz CT molecular complexity index is 1070. The van der Waals surface area contributed by atoms with Crippen LogP contribution in [0, 0.1) is 0 Å². The molecule has 1 heterocycles. The zero-order chi connectivity index (χ0) is 23.8.